The first-order chi connectivity index (χ1) is 14.4. The topological polar surface area (TPSA) is 80.9 Å². The first-order valence-electron chi connectivity index (χ1n) is 9.72. The van der Waals surface area contributed by atoms with Crippen LogP contribution < -0.4 is 5.32 Å². The molecule has 0 unspecified atom stereocenters. The van der Waals surface area contributed by atoms with E-state index in [4.69, 9.17) is 4.52 Å². The zero-order valence-electron chi connectivity index (χ0n) is 17.3. The van der Waals surface area contributed by atoms with Crippen LogP contribution in [0.25, 0.3) is 22.0 Å². The van der Waals surface area contributed by atoms with E-state index in [1.54, 1.807) is 0 Å². The second-order valence-electron chi connectivity index (χ2n) is 7.36. The summed E-state index contributed by atoms with van der Waals surface area (Å²) < 4.78 is 5.46. The Hall–Kier alpha value is -3.32. The Bertz CT molecular complexity index is 1200. The van der Waals surface area contributed by atoms with Gasteiger partial charge < -0.3 is 9.84 Å². The van der Waals surface area contributed by atoms with Gasteiger partial charge in [-0.05, 0) is 25.5 Å². The molecule has 0 aliphatic heterocycles. The van der Waals surface area contributed by atoms with Crippen molar-refractivity contribution in [1.82, 2.24) is 15.1 Å². The van der Waals surface area contributed by atoms with Gasteiger partial charge in [-0.3, -0.25) is 4.79 Å². The standard InChI is InChI=1S/C23H22N4O2S/c1-13(2)20-26-22(29-27-20)17-12-8-9-14(3)18(17)25-21(28)19-15(4)24-23(30-19)16-10-6-5-7-11-16/h5-13H,1-4H3,(H,25,28). The lowest BCUT2D eigenvalue weighted by atomic mass is 10.1. The molecule has 0 fully saturated rings. The average molecular weight is 419 g/mol. The minimum atomic E-state index is -0.202. The van der Waals surface area contributed by atoms with E-state index in [2.05, 4.69) is 20.4 Å². The first kappa shape index (κ1) is 20.0. The third-order valence-corrected chi connectivity index (χ3v) is 5.93. The highest BCUT2D eigenvalue weighted by Crippen LogP contribution is 2.33. The first-order valence-corrected chi connectivity index (χ1v) is 10.5. The molecule has 4 rings (SSSR count). The van der Waals surface area contributed by atoms with Crippen LogP contribution in [0.5, 0.6) is 0 Å². The lowest BCUT2D eigenvalue weighted by Crippen LogP contribution is -2.13. The van der Waals surface area contributed by atoms with E-state index in [0.29, 0.717) is 33.5 Å². The van der Waals surface area contributed by atoms with Gasteiger partial charge in [-0.25, -0.2) is 4.98 Å². The van der Waals surface area contributed by atoms with Crippen LogP contribution in [-0.4, -0.2) is 21.0 Å². The van der Waals surface area contributed by atoms with Gasteiger partial charge in [-0.1, -0.05) is 61.5 Å². The Balaban J connectivity index is 1.66. The molecule has 4 aromatic rings. The zero-order chi connectivity index (χ0) is 21.3. The van der Waals surface area contributed by atoms with Gasteiger partial charge in [0.1, 0.15) is 9.88 Å². The summed E-state index contributed by atoms with van der Waals surface area (Å²) >= 11 is 1.38. The Kier molecular flexibility index (Phi) is 5.46. The van der Waals surface area contributed by atoms with Crippen molar-refractivity contribution in [3.63, 3.8) is 0 Å². The molecule has 0 saturated heterocycles. The quantitative estimate of drug-likeness (QED) is 0.439. The van der Waals surface area contributed by atoms with Crippen LogP contribution in [0.3, 0.4) is 0 Å². The molecule has 2 heterocycles. The minimum absolute atomic E-state index is 0.154. The Labute approximate surface area is 179 Å². The van der Waals surface area contributed by atoms with Crippen molar-refractivity contribution in [3.8, 4) is 22.0 Å². The van der Waals surface area contributed by atoms with E-state index < -0.39 is 0 Å². The van der Waals surface area contributed by atoms with Crippen LogP contribution in [0.1, 0.15) is 46.5 Å². The Morgan fingerprint density at radius 1 is 1.03 bits per heavy atom. The van der Waals surface area contributed by atoms with Crippen LogP contribution >= 0.6 is 11.3 Å². The number of rotatable bonds is 5. The third-order valence-electron chi connectivity index (χ3n) is 4.72. The number of anilines is 1. The molecule has 0 radical (unpaired) electrons. The van der Waals surface area contributed by atoms with Gasteiger partial charge in [0.2, 0.25) is 0 Å². The summed E-state index contributed by atoms with van der Waals surface area (Å²) in [5, 5.41) is 7.91. The van der Waals surface area contributed by atoms with E-state index in [1.807, 2.05) is 76.2 Å². The predicted molar refractivity (Wildman–Crippen MR) is 119 cm³/mol. The van der Waals surface area contributed by atoms with Crippen LogP contribution in [0.4, 0.5) is 5.69 Å². The summed E-state index contributed by atoms with van der Waals surface area (Å²) in [4.78, 5) is 22.8. The fourth-order valence-electron chi connectivity index (χ4n) is 3.07. The predicted octanol–water partition coefficient (Wildman–Crippen LogP) is 5.85. The highest BCUT2D eigenvalue weighted by atomic mass is 32.1. The zero-order valence-corrected chi connectivity index (χ0v) is 18.1. The molecule has 2 aromatic carbocycles. The molecule has 1 N–H and O–H groups in total. The summed E-state index contributed by atoms with van der Waals surface area (Å²) in [6.45, 7) is 7.80. The molecule has 152 valence electrons. The number of aryl methyl sites for hydroxylation is 2. The molecule has 0 aliphatic rings. The van der Waals surface area contributed by atoms with Crippen LogP contribution in [0, 0.1) is 13.8 Å². The molecule has 0 saturated carbocycles. The van der Waals surface area contributed by atoms with E-state index in [1.165, 1.54) is 11.3 Å². The van der Waals surface area contributed by atoms with Crippen LogP contribution in [-0.2, 0) is 0 Å². The molecule has 6 nitrogen and oxygen atoms in total. The highest BCUT2D eigenvalue weighted by molar-refractivity contribution is 7.17. The molecule has 30 heavy (non-hydrogen) atoms. The molecule has 0 bridgehead atoms. The largest absolute Gasteiger partial charge is 0.334 e. The number of para-hydroxylation sites is 1. The van der Waals surface area contributed by atoms with Crippen molar-refractivity contribution in [3.05, 3.63) is 70.5 Å². The molecular weight excluding hydrogens is 396 g/mol. The summed E-state index contributed by atoms with van der Waals surface area (Å²) in [7, 11) is 0. The number of thiazole rings is 1. The number of benzene rings is 2. The van der Waals surface area contributed by atoms with Gasteiger partial charge in [-0.2, -0.15) is 4.98 Å². The maximum absolute atomic E-state index is 13.1. The van der Waals surface area contributed by atoms with Gasteiger partial charge in [0.25, 0.3) is 11.8 Å². The second kappa shape index (κ2) is 8.20. The van der Waals surface area contributed by atoms with Crippen molar-refractivity contribution in [2.45, 2.75) is 33.6 Å². The van der Waals surface area contributed by atoms with Gasteiger partial charge >= 0.3 is 0 Å². The number of carbonyl (C=O) groups is 1. The molecule has 1 amide bonds. The number of nitrogens with one attached hydrogen (secondary N) is 1. The Morgan fingerprint density at radius 3 is 2.50 bits per heavy atom. The van der Waals surface area contributed by atoms with E-state index in [0.717, 1.165) is 16.1 Å². The number of nitrogens with zero attached hydrogens (tertiary/aromatic N) is 3. The number of hydrogen-bond acceptors (Lipinski definition) is 6. The van der Waals surface area contributed by atoms with Crippen molar-refractivity contribution in [1.29, 1.82) is 0 Å². The smallest absolute Gasteiger partial charge is 0.267 e. The maximum Gasteiger partial charge on any atom is 0.267 e. The van der Waals surface area contributed by atoms with Crippen molar-refractivity contribution >= 4 is 22.9 Å². The third kappa shape index (κ3) is 3.89. The molecule has 2 aromatic heterocycles. The summed E-state index contributed by atoms with van der Waals surface area (Å²) in [5.74, 6) is 0.978. The van der Waals surface area contributed by atoms with Crippen LogP contribution in [0.2, 0.25) is 0 Å². The lowest BCUT2D eigenvalue weighted by molar-refractivity contribution is 0.102. The molecule has 0 atom stereocenters. The highest BCUT2D eigenvalue weighted by Gasteiger charge is 2.21. The van der Waals surface area contributed by atoms with Gasteiger partial charge in [0.15, 0.2) is 5.82 Å². The lowest BCUT2D eigenvalue weighted by Gasteiger charge is -2.11. The number of amides is 1. The van der Waals surface area contributed by atoms with Crippen molar-refractivity contribution < 1.29 is 9.32 Å². The van der Waals surface area contributed by atoms with E-state index in [-0.39, 0.29) is 11.8 Å². The molecule has 0 spiro atoms. The van der Waals surface area contributed by atoms with Crippen molar-refractivity contribution in [2.24, 2.45) is 0 Å². The average Bonchev–Trinajstić information content (AvgIpc) is 3.37. The minimum Gasteiger partial charge on any atom is -0.334 e. The monoisotopic (exact) mass is 418 g/mol. The summed E-state index contributed by atoms with van der Waals surface area (Å²) in [5.41, 5.74) is 3.97. The van der Waals surface area contributed by atoms with Crippen LogP contribution in [0.15, 0.2) is 53.1 Å². The van der Waals surface area contributed by atoms with Crippen molar-refractivity contribution in [2.75, 3.05) is 5.32 Å². The molecule has 7 heteroatoms. The molecule has 0 aliphatic carbocycles. The van der Waals surface area contributed by atoms with Gasteiger partial charge in [0, 0.05) is 11.5 Å². The molecular formula is C23H22N4O2S. The summed E-state index contributed by atoms with van der Waals surface area (Å²) in [6, 6.07) is 15.6. The van der Waals surface area contributed by atoms with Gasteiger partial charge in [-0.15, -0.1) is 11.3 Å². The number of aromatic nitrogens is 3. The fourth-order valence-corrected chi connectivity index (χ4v) is 4.04. The maximum atomic E-state index is 13.1. The second-order valence-corrected chi connectivity index (χ2v) is 8.36. The number of hydrogen-bond donors (Lipinski definition) is 1. The SMILES string of the molecule is Cc1cccc(-c2nc(C(C)C)no2)c1NC(=O)c1sc(-c2ccccc2)nc1C. The van der Waals surface area contributed by atoms with Gasteiger partial charge in [0.05, 0.1) is 16.9 Å². The van der Waals surface area contributed by atoms with E-state index >= 15 is 0 Å². The van der Waals surface area contributed by atoms with E-state index in [9.17, 15) is 4.79 Å². The normalized spacial score (nSPS) is 11.1. The summed E-state index contributed by atoms with van der Waals surface area (Å²) in [6.07, 6.45) is 0. The number of carbonyl (C=O) groups excluding carboxylic acids is 1. The fraction of sp³-hybridized carbons (Fsp3) is 0.217. The Morgan fingerprint density at radius 2 is 1.80 bits per heavy atom.